The van der Waals surface area contributed by atoms with Gasteiger partial charge in [-0.25, -0.2) is 4.90 Å². The number of imide groups is 1. The van der Waals surface area contributed by atoms with Crippen molar-refractivity contribution in [2.45, 2.75) is 110 Å². The normalized spacial score (nSPS) is 12.8. The molecule has 0 unspecified atom stereocenters. The van der Waals surface area contributed by atoms with Crippen molar-refractivity contribution in [2.75, 3.05) is 10.2 Å². The van der Waals surface area contributed by atoms with Gasteiger partial charge >= 0.3 is 0 Å². The second-order valence-corrected chi connectivity index (χ2v) is 11.4. The van der Waals surface area contributed by atoms with Gasteiger partial charge in [0.1, 0.15) is 0 Å². The van der Waals surface area contributed by atoms with Crippen LogP contribution in [0.4, 0.5) is 11.4 Å². The second-order valence-electron chi connectivity index (χ2n) is 11.4. The molecule has 3 aromatic carbocycles. The van der Waals surface area contributed by atoms with E-state index in [9.17, 15) is 14.4 Å². The number of carbonyl (C=O) groups excluding carboxylic acids is 3. The molecular formula is C36H46N2O3. The number of amides is 3. The minimum atomic E-state index is -0.347. The van der Waals surface area contributed by atoms with Crippen molar-refractivity contribution in [3.05, 3.63) is 71.8 Å². The molecule has 3 aromatic rings. The molecular weight excluding hydrogens is 508 g/mol. The molecule has 41 heavy (non-hydrogen) atoms. The number of benzene rings is 3. The molecule has 1 aliphatic heterocycles. The Morgan fingerprint density at radius 1 is 0.610 bits per heavy atom. The zero-order valence-corrected chi connectivity index (χ0v) is 24.8. The van der Waals surface area contributed by atoms with Gasteiger partial charge in [0.05, 0.1) is 5.69 Å². The Balaban J connectivity index is 1.18. The Morgan fingerprint density at radius 2 is 1.15 bits per heavy atom. The van der Waals surface area contributed by atoms with E-state index < -0.39 is 0 Å². The van der Waals surface area contributed by atoms with Gasteiger partial charge in [-0.1, -0.05) is 127 Å². The topological polar surface area (TPSA) is 66.5 Å². The number of anilines is 2. The van der Waals surface area contributed by atoms with E-state index in [0.717, 1.165) is 18.2 Å². The van der Waals surface area contributed by atoms with Crippen LogP contribution in [0.25, 0.3) is 10.8 Å². The predicted molar refractivity (Wildman–Crippen MR) is 170 cm³/mol. The Hall–Kier alpha value is -3.47. The lowest BCUT2D eigenvalue weighted by molar-refractivity contribution is -0.116. The minimum absolute atomic E-state index is 0.0280. The molecule has 3 amide bonds. The first-order valence-corrected chi connectivity index (χ1v) is 15.9. The zero-order valence-electron chi connectivity index (χ0n) is 24.8. The SMILES string of the molecule is CCCCCCCCCCCCCCCCCC(=O)Nc1ccc2c3c(cccc13)C(=O)N(c1ccccc1)C2=O. The molecule has 0 spiro atoms. The lowest BCUT2D eigenvalue weighted by Crippen LogP contribution is -2.40. The molecule has 218 valence electrons. The van der Waals surface area contributed by atoms with E-state index in [1.54, 1.807) is 30.3 Å². The summed E-state index contributed by atoms with van der Waals surface area (Å²) in [6.45, 7) is 2.27. The van der Waals surface area contributed by atoms with E-state index >= 15 is 0 Å². The lowest BCUT2D eigenvalue weighted by Gasteiger charge is -2.27. The van der Waals surface area contributed by atoms with Crippen LogP contribution in [0.2, 0.25) is 0 Å². The van der Waals surface area contributed by atoms with Crippen LogP contribution in [-0.2, 0) is 4.79 Å². The van der Waals surface area contributed by atoms with Gasteiger partial charge in [-0.15, -0.1) is 0 Å². The number of nitrogens with one attached hydrogen (secondary N) is 1. The average molecular weight is 555 g/mol. The van der Waals surface area contributed by atoms with Crippen LogP contribution in [0.1, 0.15) is 130 Å². The van der Waals surface area contributed by atoms with Gasteiger partial charge in [0.15, 0.2) is 0 Å². The first-order chi connectivity index (χ1) is 20.1. The summed E-state index contributed by atoms with van der Waals surface area (Å²) in [7, 11) is 0. The van der Waals surface area contributed by atoms with Crippen molar-refractivity contribution in [1.82, 2.24) is 0 Å². The monoisotopic (exact) mass is 554 g/mol. The summed E-state index contributed by atoms with van der Waals surface area (Å²) in [6.07, 6.45) is 19.9. The predicted octanol–water partition coefficient (Wildman–Crippen LogP) is 9.84. The standard InChI is InChI=1S/C36H46N2O3/c1-2-3-4-5-6-7-8-9-10-11-12-13-14-15-19-25-33(39)37-32-27-26-31-34-29(32)23-20-24-30(34)35(40)38(36(31)41)28-21-17-16-18-22-28/h16-18,20-24,26-27H,2-15,19,25H2,1H3,(H,37,39). The first-order valence-electron chi connectivity index (χ1n) is 15.9. The summed E-state index contributed by atoms with van der Waals surface area (Å²) in [5.41, 5.74) is 2.13. The van der Waals surface area contributed by atoms with E-state index in [1.165, 1.54) is 88.4 Å². The van der Waals surface area contributed by atoms with Crippen LogP contribution in [-0.4, -0.2) is 17.7 Å². The number of para-hydroxylation sites is 1. The average Bonchev–Trinajstić information content (AvgIpc) is 2.99. The Bertz CT molecular complexity index is 1280. The van der Waals surface area contributed by atoms with Crippen molar-refractivity contribution >= 4 is 39.9 Å². The van der Waals surface area contributed by atoms with Crippen LogP contribution in [0.3, 0.4) is 0 Å². The zero-order chi connectivity index (χ0) is 28.9. The third-order valence-electron chi connectivity index (χ3n) is 8.20. The molecule has 0 bridgehead atoms. The lowest BCUT2D eigenvalue weighted by atomic mass is 9.92. The van der Waals surface area contributed by atoms with Crippen LogP contribution in [0.15, 0.2) is 60.7 Å². The third kappa shape index (κ3) is 8.28. The second kappa shape index (κ2) is 16.1. The molecule has 0 saturated heterocycles. The van der Waals surface area contributed by atoms with Crippen LogP contribution in [0.5, 0.6) is 0 Å². The molecule has 0 atom stereocenters. The highest BCUT2D eigenvalue weighted by molar-refractivity contribution is 6.36. The molecule has 0 saturated carbocycles. The van der Waals surface area contributed by atoms with Crippen LogP contribution in [0, 0.1) is 0 Å². The van der Waals surface area contributed by atoms with Crippen molar-refractivity contribution < 1.29 is 14.4 Å². The van der Waals surface area contributed by atoms with Gasteiger partial charge in [0, 0.05) is 34.0 Å². The molecule has 4 rings (SSSR count). The molecule has 1 heterocycles. The van der Waals surface area contributed by atoms with Crippen molar-refractivity contribution in [3.8, 4) is 0 Å². The minimum Gasteiger partial charge on any atom is -0.326 e. The van der Waals surface area contributed by atoms with Gasteiger partial charge in [0.2, 0.25) is 5.91 Å². The molecule has 1 aliphatic rings. The van der Waals surface area contributed by atoms with Crippen LogP contribution < -0.4 is 10.2 Å². The molecule has 0 aliphatic carbocycles. The molecule has 0 radical (unpaired) electrons. The van der Waals surface area contributed by atoms with Gasteiger partial charge in [0.25, 0.3) is 11.8 Å². The number of carbonyl (C=O) groups is 3. The first kappa shape index (κ1) is 30.5. The van der Waals surface area contributed by atoms with E-state index in [0.29, 0.717) is 34.3 Å². The summed E-state index contributed by atoms with van der Waals surface area (Å²) in [4.78, 5) is 40.7. The van der Waals surface area contributed by atoms with E-state index in [2.05, 4.69) is 12.2 Å². The highest BCUT2D eigenvalue weighted by atomic mass is 16.2. The largest absolute Gasteiger partial charge is 0.326 e. The molecule has 5 heteroatoms. The van der Waals surface area contributed by atoms with E-state index in [4.69, 9.17) is 0 Å². The van der Waals surface area contributed by atoms with E-state index in [-0.39, 0.29) is 17.7 Å². The Kier molecular flexibility index (Phi) is 12.0. The Morgan fingerprint density at radius 3 is 1.73 bits per heavy atom. The molecule has 5 nitrogen and oxygen atoms in total. The number of hydrogen-bond donors (Lipinski definition) is 1. The fraction of sp³-hybridized carbons (Fsp3) is 0.472. The smallest absolute Gasteiger partial charge is 0.265 e. The van der Waals surface area contributed by atoms with Crippen LogP contribution >= 0.6 is 0 Å². The van der Waals surface area contributed by atoms with Gasteiger partial charge in [-0.2, -0.15) is 0 Å². The van der Waals surface area contributed by atoms with E-state index in [1.807, 2.05) is 30.3 Å². The summed E-state index contributed by atoms with van der Waals surface area (Å²) in [5.74, 6) is -0.721. The number of nitrogens with zero attached hydrogens (tertiary/aromatic N) is 1. The Labute approximate surface area is 245 Å². The summed E-state index contributed by atoms with van der Waals surface area (Å²) < 4.78 is 0. The number of rotatable bonds is 18. The fourth-order valence-corrected chi connectivity index (χ4v) is 5.89. The summed E-state index contributed by atoms with van der Waals surface area (Å²) in [6, 6.07) is 17.9. The maximum Gasteiger partial charge on any atom is 0.265 e. The summed E-state index contributed by atoms with van der Waals surface area (Å²) >= 11 is 0. The fourth-order valence-electron chi connectivity index (χ4n) is 5.89. The molecule has 0 fully saturated rings. The van der Waals surface area contributed by atoms with Crippen molar-refractivity contribution in [2.24, 2.45) is 0 Å². The quantitative estimate of drug-likeness (QED) is 0.126. The van der Waals surface area contributed by atoms with Crippen molar-refractivity contribution in [1.29, 1.82) is 0 Å². The summed E-state index contributed by atoms with van der Waals surface area (Å²) in [5, 5.41) is 4.37. The highest BCUT2D eigenvalue weighted by Gasteiger charge is 2.34. The van der Waals surface area contributed by atoms with Gasteiger partial charge < -0.3 is 5.32 Å². The maximum atomic E-state index is 13.3. The van der Waals surface area contributed by atoms with Gasteiger partial charge in [-0.05, 0) is 36.8 Å². The molecule has 1 N–H and O–H groups in total. The highest BCUT2D eigenvalue weighted by Crippen LogP contribution is 2.36. The third-order valence-corrected chi connectivity index (χ3v) is 8.20. The number of hydrogen-bond acceptors (Lipinski definition) is 3. The van der Waals surface area contributed by atoms with Gasteiger partial charge in [-0.3, -0.25) is 14.4 Å². The van der Waals surface area contributed by atoms with Crippen molar-refractivity contribution in [3.63, 3.8) is 0 Å². The number of unbranched alkanes of at least 4 members (excludes halogenated alkanes) is 14. The maximum absolute atomic E-state index is 13.3. The molecule has 0 aromatic heterocycles.